The summed E-state index contributed by atoms with van der Waals surface area (Å²) in [6.45, 7) is 1.61. The molecule has 2 aliphatic heterocycles. The van der Waals surface area contributed by atoms with Crippen molar-refractivity contribution in [1.82, 2.24) is 9.88 Å². The molecule has 3 heterocycles. The summed E-state index contributed by atoms with van der Waals surface area (Å²) in [5.41, 5.74) is 2.22. The number of hydrogen-bond donors (Lipinski definition) is 2. The van der Waals surface area contributed by atoms with Gasteiger partial charge in [-0.2, -0.15) is 5.26 Å². The maximum atomic E-state index is 15.2. The Kier molecular flexibility index (Phi) is 3.69. The molecule has 2 atom stereocenters. The number of carboxylic acid groups (broad SMARTS) is 1. The standard InChI is InChI=1S/C21H19FN4O2/c22-15-8-13(9-23)19-18(14-5-1-2-6-16(14)24-19)20(15)25-10-12-4-3-7-26(21(27)28)17(12)11-25/h1-2,5-6,8,12,17,24H,3-4,7,10-11H2,(H,27,28). The number of anilines is 1. The Morgan fingerprint density at radius 3 is 2.93 bits per heavy atom. The average Bonchev–Trinajstić information content (AvgIpc) is 3.28. The van der Waals surface area contributed by atoms with E-state index >= 15 is 4.39 Å². The van der Waals surface area contributed by atoms with Crippen LogP contribution in [0.3, 0.4) is 0 Å². The maximum absolute atomic E-state index is 15.2. The number of nitrogens with zero attached hydrogens (tertiary/aromatic N) is 3. The number of halogens is 1. The molecule has 7 heteroatoms. The molecule has 0 bridgehead atoms. The molecular weight excluding hydrogens is 359 g/mol. The molecule has 2 aromatic carbocycles. The van der Waals surface area contributed by atoms with Gasteiger partial charge in [-0.05, 0) is 30.9 Å². The van der Waals surface area contributed by atoms with Crippen LogP contribution in [0.25, 0.3) is 21.8 Å². The lowest BCUT2D eigenvalue weighted by Gasteiger charge is -2.34. The van der Waals surface area contributed by atoms with Gasteiger partial charge >= 0.3 is 6.09 Å². The Bertz CT molecular complexity index is 1150. The quantitative estimate of drug-likeness (QED) is 0.672. The van der Waals surface area contributed by atoms with Gasteiger partial charge in [-0.1, -0.05) is 18.2 Å². The van der Waals surface area contributed by atoms with Crippen LogP contribution < -0.4 is 4.90 Å². The number of H-pyrrole nitrogens is 1. The molecule has 142 valence electrons. The van der Waals surface area contributed by atoms with Gasteiger partial charge in [0, 0.05) is 35.9 Å². The van der Waals surface area contributed by atoms with E-state index < -0.39 is 11.9 Å². The summed E-state index contributed by atoms with van der Waals surface area (Å²) in [5.74, 6) is -0.241. The number of likely N-dealkylation sites (tertiary alicyclic amines) is 1. The number of aromatic nitrogens is 1. The molecule has 2 saturated heterocycles. The van der Waals surface area contributed by atoms with Gasteiger partial charge in [-0.15, -0.1) is 0 Å². The second-order valence-electron chi connectivity index (χ2n) is 7.64. The molecular formula is C21H19FN4O2. The fourth-order valence-electron chi connectivity index (χ4n) is 4.97. The van der Waals surface area contributed by atoms with E-state index in [1.165, 1.54) is 11.0 Å². The molecule has 6 nitrogen and oxygen atoms in total. The Labute approximate surface area is 160 Å². The molecule has 3 aromatic rings. The highest BCUT2D eigenvalue weighted by molar-refractivity contribution is 6.15. The average molecular weight is 378 g/mol. The van der Waals surface area contributed by atoms with Crippen LogP contribution in [-0.4, -0.2) is 46.8 Å². The minimum absolute atomic E-state index is 0.124. The van der Waals surface area contributed by atoms with E-state index in [1.54, 1.807) is 0 Å². The topological polar surface area (TPSA) is 83.4 Å². The lowest BCUT2D eigenvalue weighted by atomic mass is 9.92. The number of para-hydroxylation sites is 1. The Hall–Kier alpha value is -3.27. The third-order valence-electron chi connectivity index (χ3n) is 6.17. The van der Waals surface area contributed by atoms with Crippen LogP contribution in [-0.2, 0) is 0 Å². The monoisotopic (exact) mass is 378 g/mol. The van der Waals surface area contributed by atoms with Gasteiger partial charge in [0.1, 0.15) is 11.9 Å². The highest BCUT2D eigenvalue weighted by Gasteiger charge is 2.42. The first kappa shape index (κ1) is 16.9. The zero-order chi connectivity index (χ0) is 19.4. The zero-order valence-corrected chi connectivity index (χ0v) is 15.2. The van der Waals surface area contributed by atoms with E-state index in [9.17, 15) is 15.2 Å². The van der Waals surface area contributed by atoms with Crippen molar-refractivity contribution in [3.8, 4) is 6.07 Å². The van der Waals surface area contributed by atoms with Crippen molar-refractivity contribution in [2.45, 2.75) is 18.9 Å². The largest absolute Gasteiger partial charge is 0.465 e. The summed E-state index contributed by atoms with van der Waals surface area (Å²) in [6, 6.07) is 10.9. The van der Waals surface area contributed by atoms with Crippen molar-refractivity contribution in [3.63, 3.8) is 0 Å². The predicted octanol–water partition coefficient (Wildman–Crippen LogP) is 3.91. The van der Waals surface area contributed by atoms with Gasteiger partial charge in [0.25, 0.3) is 0 Å². The first-order valence-electron chi connectivity index (χ1n) is 9.46. The van der Waals surface area contributed by atoms with E-state index in [2.05, 4.69) is 11.1 Å². The van der Waals surface area contributed by atoms with Gasteiger partial charge in [-0.3, -0.25) is 0 Å². The number of hydrogen-bond acceptors (Lipinski definition) is 3. The number of rotatable bonds is 1. The lowest BCUT2D eigenvalue weighted by molar-refractivity contribution is 0.0965. The molecule has 1 aromatic heterocycles. The zero-order valence-electron chi connectivity index (χ0n) is 15.2. The minimum Gasteiger partial charge on any atom is -0.465 e. The number of nitrogens with one attached hydrogen (secondary N) is 1. The number of benzene rings is 2. The molecule has 0 saturated carbocycles. The molecule has 1 amide bonds. The fourth-order valence-corrected chi connectivity index (χ4v) is 4.97. The lowest BCUT2D eigenvalue weighted by Crippen LogP contribution is -2.47. The van der Waals surface area contributed by atoms with E-state index in [0.717, 1.165) is 23.7 Å². The minimum atomic E-state index is -0.908. The van der Waals surface area contributed by atoms with Crippen LogP contribution in [0, 0.1) is 23.1 Å². The SMILES string of the molecule is N#Cc1cc(F)c(N2CC3CCCN(C(=O)O)C3C2)c2c1[nH]c1ccccc12. The molecule has 0 aliphatic carbocycles. The Morgan fingerprint density at radius 1 is 1.32 bits per heavy atom. The van der Waals surface area contributed by atoms with Gasteiger partial charge in [-0.25, -0.2) is 9.18 Å². The van der Waals surface area contributed by atoms with E-state index in [4.69, 9.17) is 0 Å². The first-order chi connectivity index (χ1) is 13.6. The number of piperidine rings is 1. The first-order valence-corrected chi connectivity index (χ1v) is 9.46. The molecule has 5 rings (SSSR count). The van der Waals surface area contributed by atoms with Crippen LogP contribution >= 0.6 is 0 Å². The number of aromatic amines is 1. The summed E-state index contributed by atoms with van der Waals surface area (Å²) in [4.78, 5) is 18.4. The van der Waals surface area contributed by atoms with E-state index in [0.29, 0.717) is 36.2 Å². The second-order valence-corrected chi connectivity index (χ2v) is 7.64. The van der Waals surface area contributed by atoms with E-state index in [-0.39, 0.29) is 17.5 Å². The van der Waals surface area contributed by atoms with Crippen molar-refractivity contribution in [1.29, 1.82) is 5.26 Å². The van der Waals surface area contributed by atoms with Crippen LogP contribution in [0.5, 0.6) is 0 Å². The fraction of sp³-hybridized carbons (Fsp3) is 0.333. The van der Waals surface area contributed by atoms with Crippen LogP contribution in [0.2, 0.25) is 0 Å². The molecule has 0 spiro atoms. The molecule has 28 heavy (non-hydrogen) atoms. The van der Waals surface area contributed by atoms with Crippen molar-refractivity contribution in [3.05, 3.63) is 41.7 Å². The molecule has 2 fully saturated rings. The maximum Gasteiger partial charge on any atom is 0.407 e. The second kappa shape index (κ2) is 6.13. The van der Waals surface area contributed by atoms with Gasteiger partial charge in [0.15, 0.2) is 0 Å². The summed E-state index contributed by atoms with van der Waals surface area (Å²) >= 11 is 0. The number of nitriles is 1. The van der Waals surface area contributed by atoms with Crippen molar-refractivity contribution < 1.29 is 14.3 Å². The molecule has 2 aliphatic rings. The van der Waals surface area contributed by atoms with Gasteiger partial charge < -0.3 is 19.9 Å². The van der Waals surface area contributed by atoms with Gasteiger partial charge in [0.05, 0.1) is 22.8 Å². The molecule has 2 unspecified atom stereocenters. The number of fused-ring (bicyclic) bond motifs is 4. The van der Waals surface area contributed by atoms with Gasteiger partial charge in [0.2, 0.25) is 0 Å². The highest BCUT2D eigenvalue weighted by Crippen LogP contribution is 2.41. The third-order valence-corrected chi connectivity index (χ3v) is 6.17. The van der Waals surface area contributed by atoms with Crippen LogP contribution in [0.4, 0.5) is 14.9 Å². The van der Waals surface area contributed by atoms with Crippen molar-refractivity contribution in [2.75, 3.05) is 24.5 Å². The Balaban J connectivity index is 1.69. The summed E-state index contributed by atoms with van der Waals surface area (Å²) in [5, 5.41) is 20.6. The number of carbonyl (C=O) groups is 1. The molecule has 2 N–H and O–H groups in total. The van der Waals surface area contributed by atoms with Crippen molar-refractivity contribution >= 4 is 33.6 Å². The van der Waals surface area contributed by atoms with Crippen molar-refractivity contribution in [2.24, 2.45) is 5.92 Å². The summed E-state index contributed by atoms with van der Waals surface area (Å²) in [6.07, 6.45) is 0.869. The van der Waals surface area contributed by atoms with Crippen LogP contribution in [0.15, 0.2) is 30.3 Å². The summed E-state index contributed by atoms with van der Waals surface area (Å²) in [7, 11) is 0. The third kappa shape index (κ3) is 2.34. The summed E-state index contributed by atoms with van der Waals surface area (Å²) < 4.78 is 15.2. The smallest absolute Gasteiger partial charge is 0.407 e. The number of amides is 1. The van der Waals surface area contributed by atoms with Crippen LogP contribution in [0.1, 0.15) is 18.4 Å². The van der Waals surface area contributed by atoms with E-state index in [1.807, 2.05) is 29.2 Å². The predicted molar refractivity (Wildman–Crippen MR) is 104 cm³/mol. The normalized spacial score (nSPS) is 21.9. The Morgan fingerprint density at radius 2 is 2.14 bits per heavy atom. The highest BCUT2D eigenvalue weighted by atomic mass is 19.1. The molecule has 0 radical (unpaired) electrons.